The van der Waals surface area contributed by atoms with E-state index in [1.165, 1.54) is 7.11 Å². The van der Waals surface area contributed by atoms with Crippen molar-refractivity contribution >= 4 is 34.5 Å². The van der Waals surface area contributed by atoms with Crippen molar-refractivity contribution in [2.45, 2.75) is 6.42 Å². The Bertz CT molecular complexity index is 594. The Morgan fingerprint density at radius 2 is 1.67 bits per heavy atom. The van der Waals surface area contributed by atoms with Crippen molar-refractivity contribution in [3.05, 3.63) is 46.7 Å². The molecule has 6 heteroatoms. The van der Waals surface area contributed by atoms with Crippen LogP contribution in [0.3, 0.4) is 0 Å². The zero-order chi connectivity index (χ0) is 15.1. The van der Waals surface area contributed by atoms with Crippen molar-refractivity contribution in [2.75, 3.05) is 24.4 Å². The number of thiophene rings is 1. The number of carbonyl (C=O) groups is 2. The lowest BCUT2D eigenvalue weighted by molar-refractivity contribution is -0.119. The molecular formula is C15H16N2O3S. The van der Waals surface area contributed by atoms with E-state index in [4.69, 9.17) is 4.74 Å². The molecule has 0 fully saturated rings. The Balaban J connectivity index is 1.87. The Kier molecular flexibility index (Phi) is 5.48. The molecule has 2 amide bonds. The lowest BCUT2D eigenvalue weighted by atomic mass is 10.2. The highest BCUT2D eigenvalue weighted by atomic mass is 32.1. The summed E-state index contributed by atoms with van der Waals surface area (Å²) in [5.74, 6) is -0.277. The molecule has 1 aromatic carbocycles. The van der Waals surface area contributed by atoms with Crippen molar-refractivity contribution in [1.82, 2.24) is 0 Å². The topological polar surface area (TPSA) is 67.4 Å². The first-order chi connectivity index (χ1) is 10.2. The van der Waals surface area contributed by atoms with E-state index in [2.05, 4.69) is 10.6 Å². The summed E-state index contributed by atoms with van der Waals surface area (Å²) in [6, 6.07) is 10.8. The molecule has 5 nitrogen and oxygen atoms in total. The maximum absolute atomic E-state index is 11.8. The standard InChI is InChI=1S/C15H16N2O3S/c1-20-10-15(19)17-12-6-4-11(5-7-12)16-14(18)9-13-3-2-8-21-13/h2-8H,9-10H2,1H3,(H,16,18)(H,17,19). The van der Waals surface area contributed by atoms with Gasteiger partial charge in [-0.1, -0.05) is 6.07 Å². The first kappa shape index (κ1) is 15.2. The second-order valence-corrected chi connectivity index (χ2v) is 5.40. The van der Waals surface area contributed by atoms with Gasteiger partial charge in [0.1, 0.15) is 6.61 Å². The van der Waals surface area contributed by atoms with Gasteiger partial charge in [-0.3, -0.25) is 9.59 Å². The number of anilines is 2. The quantitative estimate of drug-likeness (QED) is 0.861. The fourth-order valence-corrected chi connectivity index (χ4v) is 2.45. The van der Waals surface area contributed by atoms with E-state index in [1.807, 2.05) is 17.5 Å². The molecule has 0 unspecified atom stereocenters. The molecule has 2 rings (SSSR count). The molecule has 2 N–H and O–H groups in total. The van der Waals surface area contributed by atoms with Gasteiger partial charge in [-0.05, 0) is 35.7 Å². The van der Waals surface area contributed by atoms with Crippen LogP contribution in [0, 0.1) is 0 Å². The molecule has 0 saturated heterocycles. The third-order valence-corrected chi connectivity index (χ3v) is 3.52. The van der Waals surface area contributed by atoms with Crippen LogP contribution in [0.2, 0.25) is 0 Å². The predicted octanol–water partition coefficient (Wildman–Crippen LogP) is 2.51. The summed E-state index contributed by atoms with van der Waals surface area (Å²) in [6.07, 6.45) is 0.365. The molecule has 2 aromatic rings. The Labute approximate surface area is 126 Å². The number of ether oxygens (including phenoxy) is 1. The van der Waals surface area contributed by atoms with Gasteiger partial charge < -0.3 is 15.4 Å². The zero-order valence-electron chi connectivity index (χ0n) is 11.6. The van der Waals surface area contributed by atoms with Crippen molar-refractivity contribution in [2.24, 2.45) is 0 Å². The summed E-state index contributed by atoms with van der Waals surface area (Å²) in [5.41, 5.74) is 1.36. The van der Waals surface area contributed by atoms with Crippen LogP contribution in [-0.2, 0) is 20.7 Å². The van der Waals surface area contributed by atoms with Gasteiger partial charge in [0.05, 0.1) is 6.42 Å². The van der Waals surface area contributed by atoms with Gasteiger partial charge in [0.2, 0.25) is 11.8 Å². The highest BCUT2D eigenvalue weighted by Crippen LogP contribution is 2.15. The normalized spacial score (nSPS) is 10.1. The number of hydrogen-bond acceptors (Lipinski definition) is 4. The van der Waals surface area contributed by atoms with Gasteiger partial charge in [-0.2, -0.15) is 0 Å². The number of nitrogens with one attached hydrogen (secondary N) is 2. The molecule has 0 saturated carbocycles. The van der Waals surface area contributed by atoms with Gasteiger partial charge in [0.25, 0.3) is 0 Å². The number of methoxy groups -OCH3 is 1. The number of amides is 2. The van der Waals surface area contributed by atoms with Crippen LogP contribution in [-0.4, -0.2) is 25.5 Å². The number of benzene rings is 1. The lowest BCUT2D eigenvalue weighted by Crippen LogP contribution is -2.17. The average Bonchev–Trinajstić information content (AvgIpc) is 2.94. The van der Waals surface area contributed by atoms with Crippen LogP contribution in [0.1, 0.15) is 4.88 Å². The highest BCUT2D eigenvalue weighted by molar-refractivity contribution is 7.10. The minimum absolute atomic E-state index is 0.0132. The number of rotatable bonds is 6. The molecule has 110 valence electrons. The Hall–Kier alpha value is -2.18. The van der Waals surface area contributed by atoms with Crippen LogP contribution in [0.25, 0.3) is 0 Å². The fourth-order valence-electron chi connectivity index (χ4n) is 1.74. The van der Waals surface area contributed by atoms with Gasteiger partial charge in [0, 0.05) is 23.4 Å². The predicted molar refractivity (Wildman–Crippen MR) is 83.6 cm³/mol. The van der Waals surface area contributed by atoms with Crippen molar-refractivity contribution < 1.29 is 14.3 Å². The summed E-state index contributed by atoms with van der Waals surface area (Å²) in [6.45, 7) is 0.0132. The van der Waals surface area contributed by atoms with Crippen LogP contribution in [0.4, 0.5) is 11.4 Å². The minimum Gasteiger partial charge on any atom is -0.375 e. The summed E-state index contributed by atoms with van der Waals surface area (Å²) in [7, 11) is 1.46. The molecule has 21 heavy (non-hydrogen) atoms. The molecule has 1 aromatic heterocycles. The molecule has 0 bridgehead atoms. The second kappa shape index (κ2) is 7.56. The van der Waals surface area contributed by atoms with Crippen LogP contribution >= 0.6 is 11.3 Å². The van der Waals surface area contributed by atoms with Crippen LogP contribution in [0.15, 0.2) is 41.8 Å². The van der Waals surface area contributed by atoms with E-state index in [9.17, 15) is 9.59 Å². The van der Waals surface area contributed by atoms with E-state index < -0.39 is 0 Å². The van der Waals surface area contributed by atoms with E-state index in [0.29, 0.717) is 17.8 Å². The second-order valence-electron chi connectivity index (χ2n) is 4.36. The van der Waals surface area contributed by atoms with E-state index in [-0.39, 0.29) is 18.4 Å². The maximum Gasteiger partial charge on any atom is 0.250 e. The number of hydrogen-bond donors (Lipinski definition) is 2. The van der Waals surface area contributed by atoms with E-state index >= 15 is 0 Å². The van der Waals surface area contributed by atoms with Crippen LogP contribution in [0.5, 0.6) is 0 Å². The van der Waals surface area contributed by atoms with Gasteiger partial charge in [0.15, 0.2) is 0 Å². The molecule has 0 aliphatic carbocycles. The van der Waals surface area contributed by atoms with E-state index in [1.54, 1.807) is 35.6 Å². The molecule has 1 heterocycles. The van der Waals surface area contributed by atoms with E-state index in [0.717, 1.165) is 4.88 Å². The summed E-state index contributed by atoms with van der Waals surface area (Å²) < 4.78 is 4.73. The molecule has 0 radical (unpaired) electrons. The monoisotopic (exact) mass is 304 g/mol. The van der Waals surface area contributed by atoms with Crippen molar-refractivity contribution in [3.8, 4) is 0 Å². The average molecular weight is 304 g/mol. The Morgan fingerprint density at radius 3 is 2.19 bits per heavy atom. The summed E-state index contributed by atoms with van der Waals surface area (Å²) in [4.78, 5) is 24.2. The smallest absolute Gasteiger partial charge is 0.250 e. The molecule has 0 aliphatic heterocycles. The lowest BCUT2D eigenvalue weighted by Gasteiger charge is -2.07. The molecule has 0 spiro atoms. The summed E-state index contributed by atoms with van der Waals surface area (Å²) >= 11 is 1.56. The third-order valence-electron chi connectivity index (χ3n) is 2.64. The largest absolute Gasteiger partial charge is 0.375 e. The van der Waals surface area contributed by atoms with Crippen molar-refractivity contribution in [3.63, 3.8) is 0 Å². The number of carbonyl (C=O) groups excluding carboxylic acids is 2. The van der Waals surface area contributed by atoms with Crippen molar-refractivity contribution in [1.29, 1.82) is 0 Å². The molecule has 0 aliphatic rings. The highest BCUT2D eigenvalue weighted by Gasteiger charge is 2.05. The third kappa shape index (κ3) is 5.02. The van der Waals surface area contributed by atoms with Gasteiger partial charge in [-0.25, -0.2) is 0 Å². The fraction of sp³-hybridized carbons (Fsp3) is 0.200. The van der Waals surface area contributed by atoms with Crippen LogP contribution < -0.4 is 10.6 Å². The SMILES string of the molecule is COCC(=O)Nc1ccc(NC(=O)Cc2cccs2)cc1. The zero-order valence-corrected chi connectivity index (χ0v) is 12.4. The maximum atomic E-state index is 11.8. The molecular weight excluding hydrogens is 288 g/mol. The summed E-state index contributed by atoms with van der Waals surface area (Å²) in [5, 5.41) is 7.45. The first-order valence-corrected chi connectivity index (χ1v) is 7.26. The first-order valence-electron chi connectivity index (χ1n) is 6.38. The van der Waals surface area contributed by atoms with Gasteiger partial charge >= 0.3 is 0 Å². The minimum atomic E-state index is -0.216. The Morgan fingerprint density at radius 1 is 1.05 bits per heavy atom. The molecule has 0 atom stereocenters. The van der Waals surface area contributed by atoms with Gasteiger partial charge in [-0.15, -0.1) is 11.3 Å².